The number of fused-ring (bicyclic) bond motifs is 1. The summed E-state index contributed by atoms with van der Waals surface area (Å²) >= 11 is 0. The van der Waals surface area contributed by atoms with E-state index in [0.29, 0.717) is 0 Å². The van der Waals surface area contributed by atoms with Gasteiger partial charge in [0.1, 0.15) is 11.0 Å². The molecule has 0 aliphatic heterocycles. The highest BCUT2D eigenvalue weighted by Crippen LogP contribution is 2.29. The Morgan fingerprint density at radius 3 is 2.63 bits per heavy atom. The van der Waals surface area contributed by atoms with Gasteiger partial charge in [-0.05, 0) is 25.1 Å². The summed E-state index contributed by atoms with van der Waals surface area (Å²) in [6, 6.07) is 12.3. The first kappa shape index (κ1) is 11.7. The highest BCUT2D eigenvalue weighted by molar-refractivity contribution is 5.90. The average Bonchev–Trinajstić information content (AvgIpc) is 2.78. The summed E-state index contributed by atoms with van der Waals surface area (Å²) in [5.41, 5.74) is 5.08. The highest BCUT2D eigenvalue weighted by atomic mass is 15.3. The molecule has 0 saturated heterocycles. The zero-order chi connectivity index (χ0) is 13.4. The Labute approximate surface area is 112 Å². The van der Waals surface area contributed by atoms with E-state index in [1.54, 1.807) is 4.68 Å². The van der Waals surface area contributed by atoms with Crippen molar-refractivity contribution in [2.24, 2.45) is 7.05 Å². The van der Waals surface area contributed by atoms with E-state index in [0.717, 1.165) is 28.1 Å². The fourth-order valence-corrected chi connectivity index (χ4v) is 2.28. The zero-order valence-corrected chi connectivity index (χ0v) is 11.3. The molecule has 0 radical (unpaired) electrons. The van der Waals surface area contributed by atoms with Crippen LogP contribution in [0.15, 0.2) is 42.6 Å². The van der Waals surface area contributed by atoms with E-state index in [-0.39, 0.29) is 0 Å². The Bertz CT molecular complexity index is 716. The molecule has 0 saturated carbocycles. The molecule has 2 aromatic heterocycles. The van der Waals surface area contributed by atoms with Crippen molar-refractivity contribution in [3.05, 3.63) is 48.3 Å². The van der Waals surface area contributed by atoms with Crippen LogP contribution in [0.4, 0.5) is 11.4 Å². The van der Waals surface area contributed by atoms with E-state index in [1.807, 2.05) is 38.4 Å². The van der Waals surface area contributed by atoms with Crippen LogP contribution in [0.3, 0.4) is 0 Å². The molecule has 0 aliphatic rings. The Hall–Kier alpha value is -2.36. The van der Waals surface area contributed by atoms with E-state index in [2.05, 4.69) is 40.2 Å². The third kappa shape index (κ3) is 2.05. The Morgan fingerprint density at radius 2 is 1.89 bits per heavy atom. The van der Waals surface area contributed by atoms with Gasteiger partial charge in [-0.2, -0.15) is 5.10 Å². The van der Waals surface area contributed by atoms with Gasteiger partial charge in [0, 0.05) is 25.5 Å². The number of aryl methyl sites for hydroxylation is 2. The predicted molar refractivity (Wildman–Crippen MR) is 77.8 cm³/mol. The molecule has 0 atom stereocenters. The smallest absolute Gasteiger partial charge is 0.134 e. The summed E-state index contributed by atoms with van der Waals surface area (Å²) in [6.45, 7) is 2.01. The largest absolute Gasteiger partial charge is 0.343 e. The minimum atomic E-state index is 0.930. The lowest BCUT2D eigenvalue weighted by atomic mass is 10.2. The van der Waals surface area contributed by atoms with Crippen LogP contribution in [-0.2, 0) is 7.05 Å². The van der Waals surface area contributed by atoms with Crippen LogP contribution in [0.1, 0.15) is 5.69 Å². The van der Waals surface area contributed by atoms with Crippen molar-refractivity contribution >= 4 is 22.4 Å². The minimum absolute atomic E-state index is 0.930. The molecule has 0 N–H and O–H groups in total. The van der Waals surface area contributed by atoms with Gasteiger partial charge in [-0.3, -0.25) is 4.68 Å². The zero-order valence-electron chi connectivity index (χ0n) is 11.3. The van der Waals surface area contributed by atoms with Crippen molar-refractivity contribution in [3.63, 3.8) is 0 Å². The fourth-order valence-electron chi connectivity index (χ4n) is 2.28. The lowest BCUT2D eigenvalue weighted by molar-refractivity contribution is 0.779. The Balaban J connectivity index is 2.19. The summed E-state index contributed by atoms with van der Waals surface area (Å²) in [6.07, 6.45) is 1.95. The van der Waals surface area contributed by atoms with E-state index in [1.165, 1.54) is 0 Å². The first-order valence-electron chi connectivity index (χ1n) is 6.25. The SMILES string of the molecule is Cc1cc(N(C)c2ccccc2)c2nn(C)cc2n1. The highest BCUT2D eigenvalue weighted by Gasteiger charge is 2.12. The Morgan fingerprint density at radius 1 is 1.16 bits per heavy atom. The van der Waals surface area contributed by atoms with Crippen molar-refractivity contribution in [1.29, 1.82) is 0 Å². The normalized spacial score (nSPS) is 10.9. The number of aromatic nitrogens is 3. The van der Waals surface area contributed by atoms with Crippen molar-refractivity contribution in [2.75, 3.05) is 11.9 Å². The maximum atomic E-state index is 4.52. The molecular weight excluding hydrogens is 236 g/mol. The molecule has 0 bridgehead atoms. The van der Waals surface area contributed by atoms with Crippen LogP contribution in [0, 0.1) is 6.92 Å². The van der Waals surface area contributed by atoms with Crippen LogP contribution >= 0.6 is 0 Å². The van der Waals surface area contributed by atoms with E-state index in [9.17, 15) is 0 Å². The monoisotopic (exact) mass is 252 g/mol. The van der Waals surface area contributed by atoms with Gasteiger partial charge >= 0.3 is 0 Å². The van der Waals surface area contributed by atoms with Gasteiger partial charge in [-0.1, -0.05) is 18.2 Å². The molecule has 0 amide bonds. The first-order valence-corrected chi connectivity index (χ1v) is 6.25. The molecule has 4 nitrogen and oxygen atoms in total. The lowest BCUT2D eigenvalue weighted by Crippen LogP contribution is -2.10. The Kier molecular flexibility index (Phi) is 2.71. The topological polar surface area (TPSA) is 34.0 Å². The second-order valence-electron chi connectivity index (χ2n) is 4.71. The van der Waals surface area contributed by atoms with Crippen LogP contribution < -0.4 is 4.90 Å². The second-order valence-corrected chi connectivity index (χ2v) is 4.71. The molecule has 1 aromatic carbocycles. The lowest BCUT2D eigenvalue weighted by Gasteiger charge is -2.20. The number of hydrogen-bond donors (Lipinski definition) is 0. The fraction of sp³-hybridized carbons (Fsp3) is 0.200. The summed E-state index contributed by atoms with van der Waals surface area (Å²) < 4.78 is 1.80. The molecule has 3 aromatic rings. The van der Waals surface area contributed by atoms with E-state index in [4.69, 9.17) is 0 Å². The summed E-state index contributed by atoms with van der Waals surface area (Å²) in [5.74, 6) is 0. The van der Waals surface area contributed by atoms with Crippen molar-refractivity contribution in [1.82, 2.24) is 14.8 Å². The summed E-state index contributed by atoms with van der Waals surface area (Å²) in [5, 5.41) is 4.51. The molecule has 2 heterocycles. The number of pyridine rings is 1. The quantitative estimate of drug-likeness (QED) is 0.703. The van der Waals surface area contributed by atoms with Gasteiger partial charge in [-0.25, -0.2) is 4.98 Å². The third-order valence-electron chi connectivity index (χ3n) is 3.20. The number of anilines is 2. The van der Waals surface area contributed by atoms with Crippen LogP contribution in [0.5, 0.6) is 0 Å². The molecule has 0 fully saturated rings. The molecule has 0 spiro atoms. The van der Waals surface area contributed by atoms with Gasteiger partial charge in [-0.15, -0.1) is 0 Å². The van der Waals surface area contributed by atoms with Gasteiger partial charge in [0.25, 0.3) is 0 Å². The minimum Gasteiger partial charge on any atom is -0.343 e. The van der Waals surface area contributed by atoms with Crippen LogP contribution in [-0.4, -0.2) is 21.8 Å². The molecule has 0 unspecified atom stereocenters. The van der Waals surface area contributed by atoms with Crippen molar-refractivity contribution in [3.8, 4) is 0 Å². The average molecular weight is 252 g/mol. The standard InChI is InChI=1S/C15H16N4/c1-11-9-14(15-13(16-11)10-18(2)17-15)19(3)12-7-5-4-6-8-12/h4-10H,1-3H3. The van der Waals surface area contributed by atoms with Gasteiger partial charge in [0.2, 0.25) is 0 Å². The predicted octanol–water partition coefficient (Wildman–Crippen LogP) is 3.04. The molecule has 3 rings (SSSR count). The van der Waals surface area contributed by atoms with E-state index >= 15 is 0 Å². The van der Waals surface area contributed by atoms with E-state index < -0.39 is 0 Å². The number of para-hydroxylation sites is 1. The molecule has 19 heavy (non-hydrogen) atoms. The van der Waals surface area contributed by atoms with Crippen LogP contribution in [0.2, 0.25) is 0 Å². The maximum absolute atomic E-state index is 4.52. The maximum Gasteiger partial charge on any atom is 0.134 e. The number of hydrogen-bond acceptors (Lipinski definition) is 3. The van der Waals surface area contributed by atoms with Gasteiger partial charge < -0.3 is 4.90 Å². The number of nitrogens with zero attached hydrogens (tertiary/aromatic N) is 4. The summed E-state index contributed by atoms with van der Waals surface area (Å²) in [7, 11) is 3.97. The second kappa shape index (κ2) is 4.39. The van der Waals surface area contributed by atoms with Crippen molar-refractivity contribution in [2.45, 2.75) is 6.92 Å². The molecule has 96 valence electrons. The molecular formula is C15H16N4. The number of rotatable bonds is 2. The van der Waals surface area contributed by atoms with Gasteiger partial charge in [0.05, 0.1) is 11.9 Å². The molecule has 4 heteroatoms. The van der Waals surface area contributed by atoms with Crippen LogP contribution in [0.25, 0.3) is 11.0 Å². The van der Waals surface area contributed by atoms with Gasteiger partial charge in [0.15, 0.2) is 0 Å². The molecule has 0 aliphatic carbocycles. The summed E-state index contributed by atoms with van der Waals surface area (Å²) in [4.78, 5) is 6.67. The first-order chi connectivity index (χ1) is 9.15. The van der Waals surface area contributed by atoms with Crippen molar-refractivity contribution < 1.29 is 0 Å². The number of benzene rings is 1. The third-order valence-corrected chi connectivity index (χ3v) is 3.20.